The largest absolute Gasteiger partial charge is 0.489 e. The van der Waals surface area contributed by atoms with E-state index in [1.807, 2.05) is 33.8 Å². The van der Waals surface area contributed by atoms with E-state index in [0.29, 0.717) is 34.3 Å². The minimum absolute atomic E-state index is 0.0770. The standard InChI is InChI=1S/C27H34ClN7O3/c1-26(2)24(27(3,4)25(26)38-19-6-5-17(12-29)20(28)11-19)34-23(37)18-13-31-21(32-14-18)15-33-22(36)16-35-9-7-30-8-10-35/h5-6,11,13-14,24-25,30H,7-10,15-16H2,1-4H3,(H,33,36)(H,34,37). The number of rotatable bonds is 8. The number of amides is 2. The van der Waals surface area contributed by atoms with Crippen molar-refractivity contribution < 1.29 is 14.3 Å². The number of aromatic nitrogens is 2. The first-order valence-corrected chi connectivity index (χ1v) is 13.1. The molecule has 3 N–H and O–H groups in total. The third-order valence-electron chi connectivity index (χ3n) is 7.42. The molecule has 2 amide bonds. The van der Waals surface area contributed by atoms with Crippen LogP contribution in [-0.4, -0.2) is 71.6 Å². The SMILES string of the molecule is CC1(C)C(NC(=O)c2cnc(CNC(=O)CN3CCNCC3)nc2)C(C)(C)C1Oc1ccc(C#N)c(Cl)c1. The van der Waals surface area contributed by atoms with Crippen molar-refractivity contribution in [2.75, 3.05) is 32.7 Å². The zero-order chi connectivity index (χ0) is 27.5. The van der Waals surface area contributed by atoms with Gasteiger partial charge < -0.3 is 20.7 Å². The Morgan fingerprint density at radius 3 is 2.45 bits per heavy atom. The summed E-state index contributed by atoms with van der Waals surface area (Å²) in [5.74, 6) is 0.667. The Kier molecular flexibility index (Phi) is 8.21. The van der Waals surface area contributed by atoms with Gasteiger partial charge in [-0.2, -0.15) is 5.26 Å². The summed E-state index contributed by atoms with van der Waals surface area (Å²) in [5, 5.41) is 18.7. The van der Waals surface area contributed by atoms with Crippen LogP contribution in [-0.2, 0) is 11.3 Å². The van der Waals surface area contributed by atoms with Crippen LogP contribution in [0.3, 0.4) is 0 Å². The number of benzene rings is 1. The van der Waals surface area contributed by atoms with Crippen LogP contribution in [0.25, 0.3) is 0 Å². The molecule has 0 spiro atoms. The van der Waals surface area contributed by atoms with E-state index < -0.39 is 0 Å². The third kappa shape index (κ3) is 5.90. The summed E-state index contributed by atoms with van der Waals surface area (Å²) in [7, 11) is 0. The van der Waals surface area contributed by atoms with Crippen LogP contribution in [0.2, 0.25) is 5.02 Å². The molecule has 38 heavy (non-hydrogen) atoms. The predicted octanol–water partition coefficient (Wildman–Crippen LogP) is 2.14. The fourth-order valence-electron chi connectivity index (χ4n) is 5.68. The third-order valence-corrected chi connectivity index (χ3v) is 7.73. The molecule has 11 heteroatoms. The zero-order valence-electron chi connectivity index (χ0n) is 22.2. The molecule has 1 aliphatic carbocycles. The highest BCUT2D eigenvalue weighted by Crippen LogP contribution is 2.55. The molecule has 1 saturated heterocycles. The number of carbonyl (C=O) groups is 2. The van der Waals surface area contributed by atoms with Crippen molar-refractivity contribution >= 4 is 23.4 Å². The van der Waals surface area contributed by atoms with Gasteiger partial charge in [0.1, 0.15) is 23.7 Å². The van der Waals surface area contributed by atoms with Gasteiger partial charge in [0.25, 0.3) is 5.91 Å². The summed E-state index contributed by atoms with van der Waals surface area (Å²) in [4.78, 5) is 35.9. The van der Waals surface area contributed by atoms with Crippen molar-refractivity contribution in [2.24, 2.45) is 10.8 Å². The quantitative estimate of drug-likeness (QED) is 0.465. The van der Waals surface area contributed by atoms with Crippen LogP contribution < -0.4 is 20.7 Å². The van der Waals surface area contributed by atoms with E-state index >= 15 is 0 Å². The first-order chi connectivity index (χ1) is 18.0. The van der Waals surface area contributed by atoms with Crippen molar-refractivity contribution in [1.29, 1.82) is 5.26 Å². The van der Waals surface area contributed by atoms with E-state index in [1.165, 1.54) is 12.4 Å². The molecule has 2 aliphatic rings. The monoisotopic (exact) mass is 539 g/mol. The van der Waals surface area contributed by atoms with Crippen LogP contribution >= 0.6 is 11.6 Å². The Morgan fingerprint density at radius 1 is 1.18 bits per heavy atom. The number of piperazine rings is 1. The lowest BCUT2D eigenvalue weighted by Crippen LogP contribution is -2.74. The molecule has 0 radical (unpaired) electrons. The Labute approximate surface area is 228 Å². The van der Waals surface area contributed by atoms with E-state index in [2.05, 4.69) is 30.8 Å². The molecule has 0 atom stereocenters. The maximum absolute atomic E-state index is 13.0. The van der Waals surface area contributed by atoms with Gasteiger partial charge in [0, 0.05) is 61.5 Å². The molecule has 0 bridgehead atoms. The Morgan fingerprint density at radius 2 is 1.84 bits per heavy atom. The Hall–Kier alpha value is -3.26. The van der Waals surface area contributed by atoms with Gasteiger partial charge in [0.05, 0.1) is 29.2 Å². The fraction of sp³-hybridized carbons (Fsp3) is 0.519. The van der Waals surface area contributed by atoms with E-state index in [1.54, 1.807) is 18.2 Å². The topological polar surface area (TPSA) is 132 Å². The summed E-state index contributed by atoms with van der Waals surface area (Å²) in [6, 6.07) is 6.88. The average molecular weight is 540 g/mol. The first kappa shape index (κ1) is 27.8. The van der Waals surface area contributed by atoms with Crippen LogP contribution in [0, 0.1) is 22.2 Å². The second kappa shape index (κ2) is 11.2. The summed E-state index contributed by atoms with van der Waals surface area (Å²) in [6.07, 6.45) is 2.75. The molecular weight excluding hydrogens is 506 g/mol. The number of nitriles is 1. The average Bonchev–Trinajstić information content (AvgIpc) is 2.89. The lowest BCUT2D eigenvalue weighted by molar-refractivity contribution is -0.164. The summed E-state index contributed by atoms with van der Waals surface area (Å²) < 4.78 is 6.28. The van der Waals surface area contributed by atoms with Crippen molar-refractivity contribution in [1.82, 2.24) is 30.8 Å². The number of carbonyl (C=O) groups excluding carboxylic acids is 2. The summed E-state index contributed by atoms with van der Waals surface area (Å²) >= 11 is 6.17. The van der Waals surface area contributed by atoms with E-state index in [-0.39, 0.29) is 41.3 Å². The van der Waals surface area contributed by atoms with E-state index in [0.717, 1.165) is 26.2 Å². The molecule has 2 fully saturated rings. The molecule has 1 aliphatic heterocycles. The lowest BCUT2D eigenvalue weighted by atomic mass is 9.49. The second-order valence-corrected chi connectivity index (χ2v) is 11.4. The van der Waals surface area contributed by atoms with E-state index in [9.17, 15) is 9.59 Å². The summed E-state index contributed by atoms with van der Waals surface area (Å²) in [6.45, 7) is 12.2. The van der Waals surface area contributed by atoms with Gasteiger partial charge in [0.15, 0.2) is 0 Å². The molecule has 1 saturated carbocycles. The van der Waals surface area contributed by atoms with Crippen molar-refractivity contribution in [2.45, 2.75) is 46.4 Å². The van der Waals surface area contributed by atoms with Crippen LogP contribution in [0.5, 0.6) is 5.75 Å². The normalized spacial score (nSPS) is 22.0. The molecule has 10 nitrogen and oxygen atoms in total. The zero-order valence-corrected chi connectivity index (χ0v) is 22.9. The van der Waals surface area contributed by atoms with Gasteiger partial charge >= 0.3 is 0 Å². The fourth-order valence-corrected chi connectivity index (χ4v) is 5.89. The lowest BCUT2D eigenvalue weighted by Gasteiger charge is -2.63. The van der Waals surface area contributed by atoms with Gasteiger partial charge in [-0.1, -0.05) is 39.3 Å². The summed E-state index contributed by atoms with van der Waals surface area (Å²) in [5.41, 5.74) is -0.0257. The molecule has 2 aromatic rings. The maximum atomic E-state index is 13.0. The van der Waals surface area contributed by atoms with Crippen LogP contribution in [0.1, 0.15) is 49.4 Å². The molecular formula is C27H34ClN7O3. The van der Waals surface area contributed by atoms with Gasteiger partial charge in [-0.15, -0.1) is 0 Å². The van der Waals surface area contributed by atoms with Gasteiger partial charge in [-0.3, -0.25) is 14.5 Å². The number of hydrogen-bond donors (Lipinski definition) is 3. The molecule has 202 valence electrons. The minimum atomic E-state index is -0.380. The molecule has 4 rings (SSSR count). The number of halogens is 1. The highest BCUT2D eigenvalue weighted by Gasteiger charge is 2.64. The van der Waals surface area contributed by atoms with Gasteiger partial charge in [-0.05, 0) is 12.1 Å². The molecule has 1 aromatic heterocycles. The van der Waals surface area contributed by atoms with Crippen LogP contribution in [0.15, 0.2) is 30.6 Å². The highest BCUT2D eigenvalue weighted by atomic mass is 35.5. The van der Waals surface area contributed by atoms with Crippen LogP contribution in [0.4, 0.5) is 0 Å². The predicted molar refractivity (Wildman–Crippen MR) is 143 cm³/mol. The second-order valence-electron chi connectivity index (χ2n) is 11.0. The number of ether oxygens (including phenoxy) is 1. The maximum Gasteiger partial charge on any atom is 0.254 e. The van der Waals surface area contributed by atoms with Crippen molar-refractivity contribution in [3.63, 3.8) is 0 Å². The Balaban J connectivity index is 1.31. The minimum Gasteiger partial charge on any atom is -0.489 e. The van der Waals surface area contributed by atoms with E-state index in [4.69, 9.17) is 21.6 Å². The molecule has 2 heterocycles. The van der Waals surface area contributed by atoms with Gasteiger partial charge in [0.2, 0.25) is 5.91 Å². The van der Waals surface area contributed by atoms with Crippen molar-refractivity contribution in [3.8, 4) is 11.8 Å². The Bertz CT molecular complexity index is 1200. The molecule has 0 unspecified atom stereocenters. The first-order valence-electron chi connectivity index (χ1n) is 12.7. The molecule has 1 aromatic carbocycles. The highest BCUT2D eigenvalue weighted by molar-refractivity contribution is 6.31. The number of nitrogens with zero attached hydrogens (tertiary/aromatic N) is 4. The number of hydrogen-bond acceptors (Lipinski definition) is 8. The number of nitrogens with one attached hydrogen (secondary N) is 3. The van der Waals surface area contributed by atoms with Crippen molar-refractivity contribution in [3.05, 3.63) is 52.6 Å². The smallest absolute Gasteiger partial charge is 0.254 e. The van der Waals surface area contributed by atoms with Gasteiger partial charge in [-0.25, -0.2) is 9.97 Å².